The number of hydrogen-bond acceptors (Lipinski definition) is 4. The van der Waals surface area contributed by atoms with E-state index in [1.54, 1.807) is 6.33 Å². The van der Waals surface area contributed by atoms with Gasteiger partial charge in [0.2, 0.25) is 0 Å². The first-order valence-corrected chi connectivity index (χ1v) is 9.99. The zero-order chi connectivity index (χ0) is 20.6. The quantitative estimate of drug-likeness (QED) is 0.571. The molecule has 1 N–H and O–H groups in total. The largest absolute Gasteiger partial charge is 0.418 e. The van der Waals surface area contributed by atoms with Crippen molar-refractivity contribution in [2.24, 2.45) is 7.05 Å². The normalized spacial score (nSPS) is 15.8. The van der Waals surface area contributed by atoms with Crippen molar-refractivity contribution in [1.29, 1.82) is 0 Å². The Morgan fingerprint density at radius 1 is 1.24 bits per heavy atom. The average molecular weight is 466 g/mol. The van der Waals surface area contributed by atoms with Crippen LogP contribution in [-0.4, -0.2) is 19.7 Å². The van der Waals surface area contributed by atoms with Crippen LogP contribution in [0.2, 0.25) is 0 Å². The SMILES string of the molecule is Cn1cnnc1C1(c2cccc(NCc3ncc(Br)cc3C(F)(F)F)c2)CCC1. The molecule has 1 aliphatic carbocycles. The van der Waals surface area contributed by atoms with Crippen molar-refractivity contribution in [2.45, 2.75) is 37.4 Å². The summed E-state index contributed by atoms with van der Waals surface area (Å²) in [7, 11) is 1.93. The first-order valence-electron chi connectivity index (χ1n) is 9.20. The summed E-state index contributed by atoms with van der Waals surface area (Å²) in [6.07, 6.45) is 1.64. The first kappa shape index (κ1) is 19.9. The van der Waals surface area contributed by atoms with Crippen molar-refractivity contribution >= 4 is 21.6 Å². The molecule has 1 aromatic carbocycles. The van der Waals surface area contributed by atoms with Gasteiger partial charge in [-0.25, -0.2) is 0 Å². The summed E-state index contributed by atoms with van der Waals surface area (Å²) < 4.78 is 42.2. The lowest BCUT2D eigenvalue weighted by Gasteiger charge is -2.41. The zero-order valence-electron chi connectivity index (χ0n) is 15.7. The van der Waals surface area contributed by atoms with Crippen LogP contribution in [0.4, 0.5) is 18.9 Å². The zero-order valence-corrected chi connectivity index (χ0v) is 17.3. The van der Waals surface area contributed by atoms with Crippen LogP contribution in [0.1, 0.15) is 41.9 Å². The summed E-state index contributed by atoms with van der Waals surface area (Å²) in [6.45, 7) is -0.0253. The summed E-state index contributed by atoms with van der Waals surface area (Å²) in [5.41, 5.74) is 0.844. The maximum Gasteiger partial charge on any atom is 0.418 e. The van der Waals surface area contributed by atoms with E-state index in [9.17, 15) is 13.2 Å². The number of hydrogen-bond donors (Lipinski definition) is 1. The molecule has 0 bridgehead atoms. The Balaban J connectivity index is 1.59. The van der Waals surface area contributed by atoms with Crippen LogP contribution in [0, 0.1) is 0 Å². The summed E-state index contributed by atoms with van der Waals surface area (Å²) >= 11 is 3.06. The summed E-state index contributed by atoms with van der Waals surface area (Å²) in [6, 6.07) is 8.84. The van der Waals surface area contributed by atoms with Gasteiger partial charge in [-0.3, -0.25) is 4.98 Å². The van der Waals surface area contributed by atoms with E-state index >= 15 is 0 Å². The van der Waals surface area contributed by atoms with Gasteiger partial charge in [-0.2, -0.15) is 13.2 Å². The Bertz CT molecular complexity index is 1030. The van der Waals surface area contributed by atoms with Gasteiger partial charge in [0.1, 0.15) is 12.2 Å². The fourth-order valence-corrected chi connectivity index (χ4v) is 4.19. The third-order valence-corrected chi connectivity index (χ3v) is 5.90. The van der Waals surface area contributed by atoms with Crippen molar-refractivity contribution < 1.29 is 13.2 Å². The molecule has 152 valence electrons. The molecular weight excluding hydrogens is 447 g/mol. The van der Waals surface area contributed by atoms with E-state index in [-0.39, 0.29) is 17.7 Å². The van der Waals surface area contributed by atoms with Gasteiger partial charge >= 0.3 is 6.18 Å². The average Bonchev–Trinajstić information content (AvgIpc) is 3.06. The minimum atomic E-state index is -4.46. The second-order valence-electron chi connectivity index (χ2n) is 7.28. The third kappa shape index (κ3) is 3.75. The molecule has 3 aromatic rings. The van der Waals surface area contributed by atoms with Gasteiger partial charge in [-0.1, -0.05) is 18.6 Å². The molecule has 29 heavy (non-hydrogen) atoms. The van der Waals surface area contributed by atoms with E-state index in [2.05, 4.69) is 36.4 Å². The highest BCUT2D eigenvalue weighted by Crippen LogP contribution is 2.48. The summed E-state index contributed by atoms with van der Waals surface area (Å²) in [5, 5.41) is 11.4. The van der Waals surface area contributed by atoms with Crippen LogP contribution in [0.15, 0.2) is 47.3 Å². The molecule has 4 rings (SSSR count). The van der Waals surface area contributed by atoms with Crippen molar-refractivity contribution in [2.75, 3.05) is 5.32 Å². The Kier molecular flexibility index (Phi) is 5.10. The summed E-state index contributed by atoms with van der Waals surface area (Å²) in [4.78, 5) is 3.96. The molecule has 5 nitrogen and oxygen atoms in total. The van der Waals surface area contributed by atoms with Gasteiger partial charge in [-0.05, 0) is 52.5 Å². The Morgan fingerprint density at radius 3 is 2.66 bits per heavy atom. The molecular formula is C20H19BrF3N5. The number of nitrogens with zero attached hydrogens (tertiary/aromatic N) is 4. The number of aromatic nitrogens is 4. The maximum absolute atomic E-state index is 13.3. The number of nitrogens with one attached hydrogen (secondary N) is 1. The smallest absolute Gasteiger partial charge is 0.379 e. The number of rotatable bonds is 5. The molecule has 0 unspecified atom stereocenters. The van der Waals surface area contributed by atoms with Crippen LogP contribution in [-0.2, 0) is 25.2 Å². The maximum atomic E-state index is 13.3. The molecule has 0 amide bonds. The molecule has 0 aliphatic heterocycles. The first-order chi connectivity index (χ1) is 13.8. The van der Waals surface area contributed by atoms with Gasteiger partial charge in [0.25, 0.3) is 0 Å². The van der Waals surface area contributed by atoms with E-state index in [4.69, 9.17) is 0 Å². The molecule has 0 radical (unpaired) electrons. The van der Waals surface area contributed by atoms with Gasteiger partial charge in [0.05, 0.1) is 23.2 Å². The topological polar surface area (TPSA) is 55.6 Å². The molecule has 1 aliphatic rings. The highest BCUT2D eigenvalue weighted by Gasteiger charge is 2.44. The Labute approximate surface area is 174 Å². The van der Waals surface area contributed by atoms with Crippen LogP contribution in [0.25, 0.3) is 0 Å². The minimum absolute atomic E-state index is 0.0253. The molecule has 2 aromatic heterocycles. The molecule has 0 spiro atoms. The number of halogens is 4. The Morgan fingerprint density at radius 2 is 2.03 bits per heavy atom. The van der Waals surface area contributed by atoms with Gasteiger partial charge in [0, 0.05) is 23.4 Å². The van der Waals surface area contributed by atoms with E-state index < -0.39 is 11.7 Å². The van der Waals surface area contributed by atoms with E-state index in [0.717, 1.165) is 42.4 Å². The third-order valence-electron chi connectivity index (χ3n) is 5.46. The fourth-order valence-electron chi connectivity index (χ4n) is 3.85. The predicted molar refractivity (Wildman–Crippen MR) is 106 cm³/mol. The van der Waals surface area contributed by atoms with Crippen molar-refractivity contribution in [3.05, 3.63) is 70.0 Å². The van der Waals surface area contributed by atoms with Crippen LogP contribution >= 0.6 is 15.9 Å². The van der Waals surface area contributed by atoms with Gasteiger partial charge in [0.15, 0.2) is 0 Å². The van der Waals surface area contributed by atoms with Crippen molar-refractivity contribution in [3.8, 4) is 0 Å². The second-order valence-corrected chi connectivity index (χ2v) is 8.20. The van der Waals surface area contributed by atoms with Crippen LogP contribution in [0.5, 0.6) is 0 Å². The minimum Gasteiger partial charge on any atom is -0.379 e. The highest BCUT2D eigenvalue weighted by molar-refractivity contribution is 9.10. The highest BCUT2D eigenvalue weighted by atomic mass is 79.9. The molecule has 1 fully saturated rings. The molecule has 2 heterocycles. The van der Waals surface area contributed by atoms with Crippen LogP contribution < -0.4 is 5.32 Å². The second kappa shape index (κ2) is 7.44. The van der Waals surface area contributed by atoms with Gasteiger partial charge < -0.3 is 9.88 Å². The molecule has 1 saturated carbocycles. The molecule has 0 atom stereocenters. The standard InChI is InChI=1S/C20H19BrF3N5/c1-29-12-27-28-18(29)19(6-3-7-19)13-4-2-5-15(8-13)25-11-17-16(20(22,23)24)9-14(21)10-26-17/h2,4-5,8-10,12,25H,3,6-7,11H2,1H3. The number of aryl methyl sites for hydroxylation is 1. The van der Waals surface area contributed by atoms with E-state index in [0.29, 0.717) is 4.47 Å². The van der Waals surface area contributed by atoms with E-state index in [1.807, 2.05) is 35.9 Å². The number of pyridine rings is 1. The lowest BCUT2D eigenvalue weighted by Crippen LogP contribution is -2.38. The lowest BCUT2D eigenvalue weighted by atomic mass is 9.63. The number of benzene rings is 1. The van der Waals surface area contributed by atoms with Crippen molar-refractivity contribution in [1.82, 2.24) is 19.7 Å². The number of anilines is 1. The Hall–Kier alpha value is -2.42. The van der Waals surface area contributed by atoms with Gasteiger partial charge in [-0.15, -0.1) is 10.2 Å². The van der Waals surface area contributed by atoms with E-state index in [1.165, 1.54) is 6.20 Å². The summed E-state index contributed by atoms with van der Waals surface area (Å²) in [5.74, 6) is 0.912. The lowest BCUT2D eigenvalue weighted by molar-refractivity contribution is -0.138. The number of alkyl halides is 3. The predicted octanol–water partition coefficient (Wildman–Crippen LogP) is 5.07. The van der Waals surface area contributed by atoms with Crippen LogP contribution in [0.3, 0.4) is 0 Å². The monoisotopic (exact) mass is 465 g/mol. The van der Waals surface area contributed by atoms with Crippen molar-refractivity contribution in [3.63, 3.8) is 0 Å². The molecule has 0 saturated heterocycles. The fraction of sp³-hybridized carbons (Fsp3) is 0.350. The molecule has 9 heteroatoms.